The van der Waals surface area contributed by atoms with Crippen molar-refractivity contribution in [3.05, 3.63) is 29.8 Å². The number of hydrogen-bond donors (Lipinski definition) is 2. The first-order valence-electron chi connectivity index (χ1n) is 8.20. The Morgan fingerprint density at radius 1 is 1.22 bits per heavy atom. The van der Waals surface area contributed by atoms with Crippen LogP contribution >= 0.6 is 0 Å². The Labute approximate surface area is 134 Å². The van der Waals surface area contributed by atoms with Gasteiger partial charge in [-0.3, -0.25) is 4.90 Å². The number of aliphatic hydroxyl groups excluding tert-OH is 1. The molecule has 23 heavy (non-hydrogen) atoms. The molecule has 128 valence electrons. The topological polar surface area (TPSA) is 52.9 Å². The van der Waals surface area contributed by atoms with Gasteiger partial charge in [-0.05, 0) is 31.4 Å². The maximum atomic E-state index is 13.6. The van der Waals surface area contributed by atoms with E-state index in [2.05, 4.69) is 4.90 Å². The fourth-order valence-corrected chi connectivity index (χ4v) is 3.61. The lowest BCUT2D eigenvalue weighted by atomic mass is 9.89. The van der Waals surface area contributed by atoms with Crippen molar-refractivity contribution >= 4 is 0 Å². The number of benzene rings is 1. The minimum atomic E-state index is -1.47. The summed E-state index contributed by atoms with van der Waals surface area (Å²) in [5.74, 6) is -1.54. The number of rotatable bonds is 4. The Bertz CT molecular complexity index is 551. The third-order valence-electron chi connectivity index (χ3n) is 5.00. The molecular weight excluding hydrogens is 304 g/mol. The van der Waals surface area contributed by atoms with Crippen molar-refractivity contribution < 1.29 is 23.7 Å². The molecule has 2 atom stereocenters. The summed E-state index contributed by atoms with van der Waals surface area (Å²) in [6.45, 7) is 0.760. The number of nitrogens with zero attached hydrogens (tertiary/aromatic N) is 1. The van der Waals surface area contributed by atoms with E-state index in [9.17, 15) is 19.0 Å². The molecule has 1 aliphatic carbocycles. The summed E-state index contributed by atoms with van der Waals surface area (Å²) in [7, 11) is 0. The van der Waals surface area contributed by atoms with Crippen molar-refractivity contribution in [3.63, 3.8) is 0 Å². The zero-order chi connectivity index (χ0) is 16.4. The summed E-state index contributed by atoms with van der Waals surface area (Å²) < 4.78 is 32.1. The highest BCUT2D eigenvalue weighted by Gasteiger charge is 2.44. The van der Waals surface area contributed by atoms with Gasteiger partial charge in [-0.25, -0.2) is 8.78 Å². The molecule has 1 heterocycles. The van der Waals surface area contributed by atoms with Crippen molar-refractivity contribution in [3.8, 4) is 5.75 Å². The second-order valence-corrected chi connectivity index (χ2v) is 6.68. The van der Waals surface area contributed by atoms with Gasteiger partial charge in [-0.2, -0.15) is 0 Å². The Morgan fingerprint density at radius 2 is 1.96 bits per heavy atom. The molecule has 0 unspecified atom stereocenters. The minimum Gasteiger partial charge on any atom is -0.487 e. The standard InChI is InChI=1S/C17H23F2NO3/c18-12-5-6-14(19)15(9-12)23-11-17(22)10-20(8-7-16(17)21)13-3-1-2-4-13/h5-6,9,13,16,21-22H,1-4,7-8,10-11H2/t16-,17-/m0/s1. The van der Waals surface area contributed by atoms with Gasteiger partial charge in [0.05, 0.1) is 6.10 Å². The lowest BCUT2D eigenvalue weighted by Crippen LogP contribution is -2.61. The van der Waals surface area contributed by atoms with Gasteiger partial charge >= 0.3 is 0 Å². The Morgan fingerprint density at radius 3 is 2.70 bits per heavy atom. The molecule has 2 aliphatic rings. The zero-order valence-electron chi connectivity index (χ0n) is 13.0. The normalized spacial score (nSPS) is 29.8. The predicted octanol–water partition coefficient (Wildman–Crippen LogP) is 2.08. The van der Waals surface area contributed by atoms with E-state index >= 15 is 0 Å². The van der Waals surface area contributed by atoms with E-state index in [1.54, 1.807) is 0 Å². The van der Waals surface area contributed by atoms with Crippen LogP contribution < -0.4 is 4.74 Å². The zero-order valence-corrected chi connectivity index (χ0v) is 13.0. The van der Waals surface area contributed by atoms with Crippen molar-refractivity contribution in [2.75, 3.05) is 19.7 Å². The molecule has 0 radical (unpaired) electrons. The van der Waals surface area contributed by atoms with Gasteiger partial charge in [0.2, 0.25) is 0 Å². The van der Waals surface area contributed by atoms with Crippen LogP contribution in [-0.2, 0) is 0 Å². The average molecular weight is 327 g/mol. The minimum absolute atomic E-state index is 0.247. The van der Waals surface area contributed by atoms with Gasteiger partial charge in [-0.15, -0.1) is 0 Å². The Hall–Kier alpha value is -1.24. The number of hydrogen-bond acceptors (Lipinski definition) is 4. The van der Waals surface area contributed by atoms with Crippen molar-refractivity contribution in [2.24, 2.45) is 0 Å². The summed E-state index contributed by atoms with van der Waals surface area (Å²) in [5, 5.41) is 20.9. The number of β-amino-alcohol motifs (C(OH)–C–C–N with tert-alkyl or cyclic N) is 1. The molecular formula is C17H23F2NO3. The summed E-state index contributed by atoms with van der Waals surface area (Å²) in [5.41, 5.74) is -1.47. The van der Waals surface area contributed by atoms with Crippen LogP contribution in [0.4, 0.5) is 8.78 Å². The van der Waals surface area contributed by atoms with Crippen LogP contribution in [0.2, 0.25) is 0 Å². The first-order chi connectivity index (χ1) is 11.0. The van der Waals surface area contributed by atoms with Crippen molar-refractivity contribution in [1.82, 2.24) is 4.90 Å². The molecule has 1 saturated carbocycles. The number of aliphatic hydroxyl groups is 2. The maximum Gasteiger partial charge on any atom is 0.165 e. The third kappa shape index (κ3) is 3.65. The monoisotopic (exact) mass is 327 g/mol. The molecule has 2 fully saturated rings. The van der Waals surface area contributed by atoms with Gasteiger partial charge in [0, 0.05) is 25.2 Å². The van der Waals surface area contributed by atoms with E-state index in [0.717, 1.165) is 37.6 Å². The molecule has 1 aromatic rings. The van der Waals surface area contributed by atoms with Gasteiger partial charge in [0.15, 0.2) is 11.6 Å². The lowest BCUT2D eigenvalue weighted by molar-refractivity contribution is -0.145. The molecule has 2 N–H and O–H groups in total. The number of ether oxygens (including phenoxy) is 1. The third-order valence-corrected chi connectivity index (χ3v) is 5.00. The quantitative estimate of drug-likeness (QED) is 0.889. The molecule has 0 aromatic heterocycles. The van der Waals surface area contributed by atoms with E-state index in [1.807, 2.05) is 0 Å². The van der Waals surface area contributed by atoms with E-state index in [-0.39, 0.29) is 18.9 Å². The largest absolute Gasteiger partial charge is 0.487 e. The fourth-order valence-electron chi connectivity index (χ4n) is 3.61. The molecule has 0 bridgehead atoms. The van der Waals surface area contributed by atoms with Gasteiger partial charge < -0.3 is 14.9 Å². The SMILES string of the molecule is O[C@H]1CCN(C2CCCC2)C[C@]1(O)COc1cc(F)ccc1F. The first-order valence-corrected chi connectivity index (χ1v) is 8.20. The molecule has 4 nitrogen and oxygen atoms in total. The van der Waals surface area contributed by atoms with Gasteiger partial charge in [0.1, 0.15) is 18.0 Å². The molecule has 0 spiro atoms. The second-order valence-electron chi connectivity index (χ2n) is 6.68. The number of likely N-dealkylation sites (tertiary alicyclic amines) is 1. The highest BCUT2D eigenvalue weighted by Crippen LogP contribution is 2.31. The molecule has 1 saturated heterocycles. The second kappa shape index (κ2) is 6.71. The maximum absolute atomic E-state index is 13.6. The molecule has 3 rings (SSSR count). The van der Waals surface area contributed by atoms with Crippen LogP contribution in [0.3, 0.4) is 0 Å². The number of piperidine rings is 1. The molecule has 6 heteroatoms. The van der Waals surface area contributed by atoms with E-state index in [4.69, 9.17) is 4.74 Å². The molecule has 1 aromatic carbocycles. The summed E-state index contributed by atoms with van der Waals surface area (Å²) in [4.78, 5) is 2.19. The Balaban J connectivity index is 1.67. The summed E-state index contributed by atoms with van der Waals surface area (Å²) in [6.07, 6.45) is 4.09. The summed E-state index contributed by atoms with van der Waals surface area (Å²) in [6, 6.07) is 3.37. The predicted molar refractivity (Wildman–Crippen MR) is 81.3 cm³/mol. The smallest absolute Gasteiger partial charge is 0.165 e. The van der Waals surface area contributed by atoms with Gasteiger partial charge in [-0.1, -0.05) is 12.8 Å². The van der Waals surface area contributed by atoms with E-state index in [1.165, 1.54) is 12.8 Å². The lowest BCUT2D eigenvalue weighted by Gasteiger charge is -2.44. The van der Waals surface area contributed by atoms with Gasteiger partial charge in [0.25, 0.3) is 0 Å². The van der Waals surface area contributed by atoms with Crippen molar-refractivity contribution in [2.45, 2.75) is 49.9 Å². The van der Waals surface area contributed by atoms with Crippen LogP contribution in [0.5, 0.6) is 5.75 Å². The summed E-state index contributed by atoms with van der Waals surface area (Å²) >= 11 is 0. The van der Waals surface area contributed by atoms with Crippen molar-refractivity contribution in [1.29, 1.82) is 0 Å². The van der Waals surface area contributed by atoms with Crippen LogP contribution in [-0.4, -0.2) is 52.6 Å². The number of halogens is 2. The van der Waals surface area contributed by atoms with Crippen LogP contribution in [0, 0.1) is 11.6 Å². The van der Waals surface area contributed by atoms with Crippen LogP contribution in [0.25, 0.3) is 0 Å². The Kier molecular flexibility index (Phi) is 4.85. The molecule has 0 amide bonds. The van der Waals surface area contributed by atoms with Crippen LogP contribution in [0.15, 0.2) is 18.2 Å². The fraction of sp³-hybridized carbons (Fsp3) is 0.647. The first kappa shape index (κ1) is 16.6. The highest BCUT2D eigenvalue weighted by atomic mass is 19.1. The van der Waals surface area contributed by atoms with Crippen LogP contribution in [0.1, 0.15) is 32.1 Å². The average Bonchev–Trinajstić information content (AvgIpc) is 3.06. The van der Waals surface area contributed by atoms with E-state index < -0.39 is 23.3 Å². The van der Waals surface area contributed by atoms with E-state index in [0.29, 0.717) is 12.5 Å². The molecule has 1 aliphatic heterocycles. The highest BCUT2D eigenvalue weighted by molar-refractivity contribution is 5.25.